The van der Waals surface area contributed by atoms with Gasteiger partial charge in [-0.2, -0.15) is 0 Å². The van der Waals surface area contributed by atoms with Crippen LogP contribution in [-0.4, -0.2) is 33.2 Å². The van der Waals surface area contributed by atoms with Crippen LogP contribution in [0.3, 0.4) is 0 Å². The minimum atomic E-state index is -0.129. The first-order valence-corrected chi connectivity index (χ1v) is 11.3. The monoisotopic (exact) mass is 419 g/mol. The van der Waals surface area contributed by atoms with Crippen molar-refractivity contribution in [3.63, 3.8) is 0 Å². The highest BCUT2D eigenvalue weighted by Crippen LogP contribution is 2.40. The van der Waals surface area contributed by atoms with Crippen molar-refractivity contribution < 1.29 is 9.59 Å². The zero-order valence-corrected chi connectivity index (χ0v) is 19.5. The normalized spacial score (nSPS) is 24.7. The van der Waals surface area contributed by atoms with Crippen LogP contribution in [0.15, 0.2) is 41.0 Å². The summed E-state index contributed by atoms with van der Waals surface area (Å²) in [7, 11) is 0. The van der Waals surface area contributed by atoms with Crippen LogP contribution in [0.2, 0.25) is 0 Å². The van der Waals surface area contributed by atoms with Gasteiger partial charge in [-0.15, -0.1) is 0 Å². The van der Waals surface area contributed by atoms with Crippen molar-refractivity contribution in [1.82, 2.24) is 14.9 Å². The first-order valence-electron chi connectivity index (χ1n) is 11.3. The Morgan fingerprint density at radius 2 is 1.77 bits per heavy atom. The highest BCUT2D eigenvalue weighted by Gasteiger charge is 2.39. The maximum atomic E-state index is 12.6. The molecule has 5 nitrogen and oxygen atoms in total. The molecule has 0 radical (unpaired) electrons. The van der Waals surface area contributed by atoms with E-state index in [0.29, 0.717) is 35.4 Å². The lowest BCUT2D eigenvalue weighted by Crippen LogP contribution is -2.40. The molecular weight excluding hydrogens is 386 g/mol. The number of imide groups is 1. The molecule has 0 bridgehead atoms. The molecule has 0 unspecified atom stereocenters. The molecule has 0 saturated carbocycles. The van der Waals surface area contributed by atoms with Gasteiger partial charge in [0.2, 0.25) is 0 Å². The van der Waals surface area contributed by atoms with E-state index in [1.807, 2.05) is 0 Å². The lowest BCUT2D eigenvalue weighted by atomic mass is 9.69. The summed E-state index contributed by atoms with van der Waals surface area (Å²) in [6.07, 6.45) is 4.24. The molecule has 1 N–H and O–H groups in total. The molecule has 4 rings (SSSR count). The lowest BCUT2D eigenvalue weighted by molar-refractivity contribution is -0.138. The fourth-order valence-electron chi connectivity index (χ4n) is 5.24. The van der Waals surface area contributed by atoms with Gasteiger partial charge >= 0.3 is 0 Å². The number of para-hydroxylation sites is 1. The third-order valence-corrected chi connectivity index (χ3v) is 7.37. The number of imidazole rings is 1. The van der Waals surface area contributed by atoms with Crippen molar-refractivity contribution in [3.05, 3.63) is 52.4 Å². The van der Waals surface area contributed by atoms with E-state index < -0.39 is 0 Å². The van der Waals surface area contributed by atoms with E-state index in [2.05, 4.69) is 57.0 Å². The van der Waals surface area contributed by atoms with E-state index in [9.17, 15) is 9.59 Å². The van der Waals surface area contributed by atoms with E-state index in [-0.39, 0.29) is 17.7 Å². The Balaban J connectivity index is 1.55. The van der Waals surface area contributed by atoms with Crippen LogP contribution in [0.5, 0.6) is 0 Å². The highest BCUT2D eigenvalue weighted by molar-refractivity contribution is 6.18. The second-order valence-corrected chi connectivity index (χ2v) is 9.74. The van der Waals surface area contributed by atoms with Gasteiger partial charge in [0, 0.05) is 24.1 Å². The van der Waals surface area contributed by atoms with Gasteiger partial charge in [-0.3, -0.25) is 14.5 Å². The fraction of sp³-hybridized carbons (Fsp3) is 0.500. The molecule has 0 saturated heterocycles. The van der Waals surface area contributed by atoms with E-state index in [0.717, 1.165) is 29.7 Å². The number of aromatic nitrogens is 2. The summed E-state index contributed by atoms with van der Waals surface area (Å²) in [5, 5.41) is 0. The molecule has 1 aliphatic heterocycles. The molecule has 3 atom stereocenters. The average Bonchev–Trinajstić information content (AvgIpc) is 3.21. The number of allylic oxidation sites excluding steroid dienone is 1. The Bertz CT molecular complexity index is 1080. The van der Waals surface area contributed by atoms with Crippen LogP contribution < -0.4 is 0 Å². The molecule has 2 aromatic rings. The number of aryl methyl sites for hydroxylation is 1. The number of benzene rings is 1. The van der Waals surface area contributed by atoms with Crippen LogP contribution in [-0.2, 0) is 16.0 Å². The molecule has 5 heteroatoms. The molecule has 164 valence electrons. The molecular formula is C26H33N3O2. The number of carbonyl (C=O) groups is 2. The summed E-state index contributed by atoms with van der Waals surface area (Å²) in [6.45, 7) is 12.8. The molecule has 0 spiro atoms. The molecule has 31 heavy (non-hydrogen) atoms. The van der Waals surface area contributed by atoms with Crippen LogP contribution in [0, 0.1) is 30.6 Å². The number of hydrogen-bond donors (Lipinski definition) is 1. The maximum absolute atomic E-state index is 12.6. The number of carbonyl (C=O) groups excluding carboxylic acids is 2. The first kappa shape index (κ1) is 21.5. The molecule has 1 aliphatic carbocycles. The maximum Gasteiger partial charge on any atom is 0.256 e. The van der Waals surface area contributed by atoms with Gasteiger partial charge in [0.25, 0.3) is 11.8 Å². The molecule has 2 aliphatic rings. The largest absolute Gasteiger partial charge is 0.342 e. The Kier molecular flexibility index (Phi) is 5.63. The van der Waals surface area contributed by atoms with Crippen molar-refractivity contribution in [2.24, 2.45) is 23.7 Å². The third kappa shape index (κ3) is 3.86. The van der Waals surface area contributed by atoms with Crippen molar-refractivity contribution in [2.45, 2.75) is 54.4 Å². The number of aromatic amines is 1. The van der Waals surface area contributed by atoms with Crippen LogP contribution in [0.25, 0.3) is 11.0 Å². The second-order valence-electron chi connectivity index (χ2n) is 9.74. The summed E-state index contributed by atoms with van der Waals surface area (Å²) in [4.78, 5) is 35.0. The number of rotatable bonds is 5. The van der Waals surface area contributed by atoms with Gasteiger partial charge < -0.3 is 4.98 Å². The van der Waals surface area contributed by atoms with E-state index in [1.165, 1.54) is 16.0 Å². The molecule has 2 amide bonds. The molecule has 1 aromatic carbocycles. The van der Waals surface area contributed by atoms with Crippen molar-refractivity contribution in [1.29, 1.82) is 0 Å². The van der Waals surface area contributed by atoms with E-state index in [4.69, 9.17) is 4.98 Å². The van der Waals surface area contributed by atoms with Gasteiger partial charge in [-0.1, -0.05) is 37.6 Å². The summed E-state index contributed by atoms with van der Waals surface area (Å²) >= 11 is 0. The minimum Gasteiger partial charge on any atom is -0.342 e. The summed E-state index contributed by atoms with van der Waals surface area (Å²) in [6, 6.07) is 6.23. The highest BCUT2D eigenvalue weighted by atomic mass is 16.2. The Morgan fingerprint density at radius 1 is 1.10 bits per heavy atom. The van der Waals surface area contributed by atoms with Gasteiger partial charge in [-0.25, -0.2) is 4.98 Å². The minimum absolute atomic E-state index is 0.129. The predicted octanol–water partition coefficient (Wildman–Crippen LogP) is 4.97. The van der Waals surface area contributed by atoms with Gasteiger partial charge in [0.1, 0.15) is 5.82 Å². The quantitative estimate of drug-likeness (QED) is 0.549. The summed E-state index contributed by atoms with van der Waals surface area (Å²) in [5.41, 5.74) is 5.84. The van der Waals surface area contributed by atoms with Crippen LogP contribution in [0.4, 0.5) is 0 Å². The van der Waals surface area contributed by atoms with Crippen LogP contribution in [0.1, 0.15) is 52.4 Å². The van der Waals surface area contributed by atoms with Crippen molar-refractivity contribution in [2.75, 3.05) is 6.54 Å². The smallest absolute Gasteiger partial charge is 0.256 e. The van der Waals surface area contributed by atoms with Gasteiger partial charge in [0.05, 0.1) is 11.0 Å². The predicted molar refractivity (Wildman–Crippen MR) is 123 cm³/mol. The number of H-pyrrole nitrogens is 1. The fourth-order valence-corrected chi connectivity index (χ4v) is 5.24. The molecule has 1 aromatic heterocycles. The summed E-state index contributed by atoms with van der Waals surface area (Å²) < 4.78 is 0. The summed E-state index contributed by atoms with van der Waals surface area (Å²) in [5.74, 6) is 2.27. The zero-order chi connectivity index (χ0) is 22.4. The number of fused-ring (bicyclic) bond motifs is 1. The number of nitrogens with zero attached hydrogens (tertiary/aromatic N) is 2. The van der Waals surface area contributed by atoms with Crippen molar-refractivity contribution in [3.8, 4) is 0 Å². The topological polar surface area (TPSA) is 66.1 Å². The van der Waals surface area contributed by atoms with Crippen molar-refractivity contribution >= 4 is 22.8 Å². The Labute approximate surface area is 184 Å². The lowest BCUT2D eigenvalue weighted by Gasteiger charge is -2.38. The van der Waals surface area contributed by atoms with E-state index >= 15 is 0 Å². The molecule has 2 heterocycles. The third-order valence-electron chi connectivity index (χ3n) is 7.37. The molecule has 0 fully saturated rings. The standard InChI is InChI=1S/C26H33N3O2/c1-14(2)21-11-19(12-23-27-22-9-7-8-15(3)24(22)28-23)16(4)10-20(21)13-29-25(30)17(5)18(6)26(29)31/h7-10,14,19-21H,11-13H2,1-6H3,(H,27,28)/t19-,20-,21-/m0/s1. The Morgan fingerprint density at radius 3 is 2.39 bits per heavy atom. The van der Waals surface area contributed by atoms with Gasteiger partial charge in [0.15, 0.2) is 0 Å². The number of nitrogens with one attached hydrogen (secondary N) is 1. The van der Waals surface area contributed by atoms with E-state index in [1.54, 1.807) is 13.8 Å². The number of amides is 2. The Hall–Kier alpha value is -2.69. The zero-order valence-electron chi connectivity index (χ0n) is 19.5. The second kappa shape index (κ2) is 8.10. The van der Waals surface area contributed by atoms with Crippen LogP contribution >= 0.6 is 0 Å². The van der Waals surface area contributed by atoms with Gasteiger partial charge in [-0.05, 0) is 69.4 Å². The average molecular weight is 420 g/mol. The first-order chi connectivity index (χ1) is 14.7. The SMILES string of the molecule is CC1=C[C@@H](CN2C(=O)C(C)=C(C)C2=O)[C@H](C(C)C)C[C@H]1Cc1nc2c(C)cccc2[nH]1. The number of hydrogen-bond acceptors (Lipinski definition) is 3.